The van der Waals surface area contributed by atoms with Crippen molar-refractivity contribution in [3.05, 3.63) is 28.2 Å². The van der Waals surface area contributed by atoms with Crippen molar-refractivity contribution in [1.82, 2.24) is 10.2 Å². The molecule has 0 bridgehead atoms. The summed E-state index contributed by atoms with van der Waals surface area (Å²) in [6, 6.07) is 4.29. The summed E-state index contributed by atoms with van der Waals surface area (Å²) in [5.74, 6) is -0.407. The number of carbonyl (C=O) groups is 3. The van der Waals surface area contributed by atoms with Crippen LogP contribution in [-0.2, 0) is 14.3 Å². The fourth-order valence-electron chi connectivity index (χ4n) is 3.54. The van der Waals surface area contributed by atoms with Crippen LogP contribution in [-0.4, -0.2) is 55.0 Å². The molecule has 1 heterocycles. The van der Waals surface area contributed by atoms with Crippen LogP contribution in [0.15, 0.2) is 22.7 Å². The first-order chi connectivity index (χ1) is 15.5. The molecule has 0 aromatic heterocycles. The van der Waals surface area contributed by atoms with Crippen LogP contribution in [0.3, 0.4) is 0 Å². The van der Waals surface area contributed by atoms with E-state index in [0.717, 1.165) is 32.1 Å². The van der Waals surface area contributed by atoms with Crippen LogP contribution in [0.4, 0.5) is 0 Å². The zero-order valence-corrected chi connectivity index (χ0v) is 20.7. The molecule has 1 aromatic carbocycles. The van der Waals surface area contributed by atoms with Gasteiger partial charge in [-0.25, -0.2) is 0 Å². The Hall–Kier alpha value is -2.09. The Kier molecular flexibility index (Phi) is 11.6. The lowest BCUT2D eigenvalue weighted by Gasteiger charge is -2.34. The van der Waals surface area contributed by atoms with Crippen molar-refractivity contribution < 1.29 is 23.9 Å². The van der Waals surface area contributed by atoms with Gasteiger partial charge in [-0.15, -0.1) is 0 Å². The van der Waals surface area contributed by atoms with Crippen LogP contribution < -0.4 is 10.1 Å². The number of hydrogen-bond donors (Lipinski definition) is 1. The second-order valence-electron chi connectivity index (χ2n) is 7.99. The second-order valence-corrected chi connectivity index (χ2v) is 8.85. The van der Waals surface area contributed by atoms with Gasteiger partial charge in [-0.1, -0.05) is 46.0 Å². The van der Waals surface area contributed by atoms with Gasteiger partial charge >= 0.3 is 5.97 Å². The highest BCUT2D eigenvalue weighted by atomic mass is 79.9. The van der Waals surface area contributed by atoms with E-state index in [1.165, 1.54) is 17.7 Å². The lowest BCUT2D eigenvalue weighted by molar-refractivity contribution is -0.147. The molecule has 1 aliphatic rings. The summed E-state index contributed by atoms with van der Waals surface area (Å²) in [6.45, 7) is 5.89. The number of rotatable bonds is 13. The molecule has 0 aliphatic carbocycles. The van der Waals surface area contributed by atoms with E-state index in [0.29, 0.717) is 42.1 Å². The topological polar surface area (TPSA) is 84.9 Å². The zero-order chi connectivity index (χ0) is 23.3. The molecular formula is C24H35BrN2O5. The van der Waals surface area contributed by atoms with E-state index in [-0.39, 0.29) is 18.2 Å². The normalized spacial score (nSPS) is 15.9. The minimum Gasteiger partial charge on any atom is -0.492 e. The number of halogens is 1. The van der Waals surface area contributed by atoms with Gasteiger partial charge in [-0.3, -0.25) is 14.4 Å². The number of esters is 1. The van der Waals surface area contributed by atoms with Gasteiger partial charge in [0.25, 0.3) is 5.91 Å². The first-order valence-electron chi connectivity index (χ1n) is 11.6. The van der Waals surface area contributed by atoms with E-state index in [1.807, 2.05) is 0 Å². The number of ether oxygens (including phenoxy) is 2. The van der Waals surface area contributed by atoms with Crippen LogP contribution in [0, 0.1) is 0 Å². The number of hydrogen-bond acceptors (Lipinski definition) is 5. The zero-order valence-electron chi connectivity index (χ0n) is 19.2. The number of amides is 2. The Morgan fingerprint density at radius 3 is 2.53 bits per heavy atom. The molecule has 0 spiro atoms. The Bertz CT molecular complexity index is 771. The van der Waals surface area contributed by atoms with E-state index in [1.54, 1.807) is 18.2 Å². The molecule has 8 heteroatoms. The summed E-state index contributed by atoms with van der Waals surface area (Å²) < 4.78 is 11.7. The van der Waals surface area contributed by atoms with Gasteiger partial charge in [0.1, 0.15) is 11.8 Å². The highest BCUT2D eigenvalue weighted by Gasteiger charge is 2.35. The summed E-state index contributed by atoms with van der Waals surface area (Å²) >= 11 is 3.48. The molecule has 1 aliphatic heterocycles. The third-order valence-electron chi connectivity index (χ3n) is 5.40. The summed E-state index contributed by atoms with van der Waals surface area (Å²) in [4.78, 5) is 39.3. The highest BCUT2D eigenvalue weighted by Crippen LogP contribution is 2.27. The molecule has 2 amide bonds. The largest absolute Gasteiger partial charge is 0.492 e. The van der Waals surface area contributed by atoms with Crippen LogP contribution in [0.1, 0.15) is 75.6 Å². The second kappa shape index (κ2) is 14.1. The van der Waals surface area contributed by atoms with Gasteiger partial charge in [0.05, 0.1) is 24.1 Å². The van der Waals surface area contributed by atoms with Crippen molar-refractivity contribution in [2.45, 2.75) is 71.3 Å². The van der Waals surface area contributed by atoms with Gasteiger partial charge in [0.15, 0.2) is 0 Å². The van der Waals surface area contributed by atoms with Crippen molar-refractivity contribution in [2.24, 2.45) is 0 Å². The number of nitrogens with one attached hydrogen (secondary N) is 1. The van der Waals surface area contributed by atoms with Crippen LogP contribution >= 0.6 is 15.9 Å². The standard InChI is InChI=1S/C24H35BrN2O5/c1-3-5-7-9-14-31-21-11-10-18(16-19(21)25)24(30)27-13-12-26-23(29)20(27)17-22(28)32-15-8-6-4-2/h10-11,16,20H,3-9,12-15,17H2,1-2H3,(H,26,29). The fraction of sp³-hybridized carbons (Fsp3) is 0.625. The smallest absolute Gasteiger partial charge is 0.308 e. The maximum Gasteiger partial charge on any atom is 0.308 e. The molecule has 0 radical (unpaired) electrons. The summed E-state index contributed by atoms with van der Waals surface area (Å²) in [5.41, 5.74) is 0.436. The summed E-state index contributed by atoms with van der Waals surface area (Å²) in [6.07, 6.45) is 7.14. The Labute approximate surface area is 199 Å². The lowest BCUT2D eigenvalue weighted by atomic mass is 10.1. The average molecular weight is 511 g/mol. The number of carbonyl (C=O) groups excluding carboxylic acids is 3. The Morgan fingerprint density at radius 1 is 1.09 bits per heavy atom. The van der Waals surface area contributed by atoms with Crippen LogP contribution in [0.2, 0.25) is 0 Å². The predicted molar refractivity (Wildman–Crippen MR) is 127 cm³/mol. The lowest BCUT2D eigenvalue weighted by Crippen LogP contribution is -2.57. The molecule has 1 atom stereocenters. The van der Waals surface area contributed by atoms with E-state index < -0.39 is 12.0 Å². The van der Waals surface area contributed by atoms with Crippen molar-refractivity contribution in [3.63, 3.8) is 0 Å². The van der Waals surface area contributed by atoms with E-state index in [9.17, 15) is 14.4 Å². The quantitative estimate of drug-likeness (QED) is 0.312. The molecule has 178 valence electrons. The Morgan fingerprint density at radius 2 is 1.81 bits per heavy atom. The van der Waals surface area contributed by atoms with Crippen molar-refractivity contribution in [3.8, 4) is 5.75 Å². The number of piperazine rings is 1. The van der Waals surface area contributed by atoms with Crippen LogP contribution in [0.25, 0.3) is 0 Å². The van der Waals surface area contributed by atoms with Gasteiger partial charge in [0.2, 0.25) is 5.91 Å². The number of benzene rings is 1. The summed E-state index contributed by atoms with van der Waals surface area (Å²) in [5, 5.41) is 2.74. The molecule has 1 aromatic rings. The fourth-order valence-corrected chi connectivity index (χ4v) is 4.04. The maximum atomic E-state index is 13.2. The van der Waals surface area contributed by atoms with Crippen molar-refractivity contribution in [2.75, 3.05) is 26.3 Å². The SMILES string of the molecule is CCCCCCOc1ccc(C(=O)N2CCNC(=O)C2CC(=O)OCCCCC)cc1Br. The number of nitrogens with zero attached hydrogens (tertiary/aromatic N) is 1. The molecular weight excluding hydrogens is 476 g/mol. The molecule has 1 N–H and O–H groups in total. The molecule has 2 rings (SSSR count). The monoisotopic (exact) mass is 510 g/mol. The molecule has 1 fully saturated rings. The average Bonchev–Trinajstić information content (AvgIpc) is 2.78. The predicted octanol–water partition coefficient (Wildman–Crippen LogP) is 4.47. The van der Waals surface area contributed by atoms with Crippen molar-refractivity contribution in [1.29, 1.82) is 0 Å². The van der Waals surface area contributed by atoms with Gasteiger partial charge in [-0.2, -0.15) is 0 Å². The summed E-state index contributed by atoms with van der Waals surface area (Å²) in [7, 11) is 0. The molecule has 32 heavy (non-hydrogen) atoms. The highest BCUT2D eigenvalue weighted by molar-refractivity contribution is 9.10. The van der Waals surface area contributed by atoms with E-state index >= 15 is 0 Å². The number of unbranched alkanes of at least 4 members (excludes halogenated alkanes) is 5. The van der Waals surface area contributed by atoms with E-state index in [4.69, 9.17) is 9.47 Å². The Balaban J connectivity index is 1.99. The minimum absolute atomic E-state index is 0.149. The first-order valence-corrected chi connectivity index (χ1v) is 12.4. The van der Waals surface area contributed by atoms with Crippen LogP contribution in [0.5, 0.6) is 5.75 Å². The van der Waals surface area contributed by atoms with Gasteiger partial charge in [-0.05, 0) is 47.0 Å². The van der Waals surface area contributed by atoms with Crippen molar-refractivity contribution >= 4 is 33.7 Å². The molecule has 1 unspecified atom stereocenters. The van der Waals surface area contributed by atoms with Gasteiger partial charge < -0.3 is 19.7 Å². The minimum atomic E-state index is -0.872. The maximum absolute atomic E-state index is 13.2. The third kappa shape index (κ3) is 8.11. The van der Waals surface area contributed by atoms with E-state index in [2.05, 4.69) is 35.1 Å². The molecule has 0 saturated carbocycles. The molecule has 7 nitrogen and oxygen atoms in total. The third-order valence-corrected chi connectivity index (χ3v) is 6.02. The van der Waals surface area contributed by atoms with Gasteiger partial charge in [0, 0.05) is 18.7 Å². The molecule has 1 saturated heterocycles. The first kappa shape index (κ1) is 26.2.